The lowest BCUT2D eigenvalue weighted by Crippen LogP contribution is -2.45. The van der Waals surface area contributed by atoms with Gasteiger partial charge >= 0.3 is 5.97 Å². The summed E-state index contributed by atoms with van der Waals surface area (Å²) in [6.45, 7) is 1.10. The van der Waals surface area contributed by atoms with Crippen molar-refractivity contribution in [1.82, 2.24) is 5.32 Å². The molecule has 1 amide bonds. The van der Waals surface area contributed by atoms with Gasteiger partial charge in [0.25, 0.3) is 0 Å². The van der Waals surface area contributed by atoms with Gasteiger partial charge in [0.2, 0.25) is 5.91 Å². The molecule has 1 aliphatic rings. The second-order valence-corrected chi connectivity index (χ2v) is 5.08. The van der Waals surface area contributed by atoms with Crippen LogP contribution in [0.15, 0.2) is 0 Å². The van der Waals surface area contributed by atoms with E-state index in [1.165, 1.54) is 0 Å². The van der Waals surface area contributed by atoms with Gasteiger partial charge in [-0.3, -0.25) is 4.79 Å². The van der Waals surface area contributed by atoms with Gasteiger partial charge < -0.3 is 15.2 Å². The molecule has 0 radical (unpaired) electrons. The van der Waals surface area contributed by atoms with E-state index in [1.807, 2.05) is 6.26 Å². The van der Waals surface area contributed by atoms with Gasteiger partial charge in [0.1, 0.15) is 6.04 Å². The smallest absolute Gasteiger partial charge is 0.326 e. The molecule has 0 bridgehead atoms. The Balaban J connectivity index is 2.42. The lowest BCUT2D eigenvalue weighted by Gasteiger charge is -2.23. The molecular weight excluding hydrogens is 242 g/mol. The van der Waals surface area contributed by atoms with E-state index in [0.29, 0.717) is 19.6 Å². The molecule has 5 nitrogen and oxygen atoms in total. The molecule has 6 heteroatoms. The molecule has 1 saturated heterocycles. The van der Waals surface area contributed by atoms with Crippen molar-refractivity contribution in [3.05, 3.63) is 0 Å². The summed E-state index contributed by atoms with van der Waals surface area (Å²) in [5.41, 5.74) is 0. The van der Waals surface area contributed by atoms with E-state index in [0.717, 1.165) is 18.6 Å². The largest absolute Gasteiger partial charge is 0.480 e. The van der Waals surface area contributed by atoms with Crippen LogP contribution in [0.3, 0.4) is 0 Å². The molecule has 98 valence electrons. The molecule has 0 aliphatic carbocycles. The first-order valence-electron chi connectivity index (χ1n) is 5.75. The average Bonchev–Trinajstić information content (AvgIpc) is 2.35. The van der Waals surface area contributed by atoms with Gasteiger partial charge in [-0.15, -0.1) is 0 Å². The van der Waals surface area contributed by atoms with Crippen molar-refractivity contribution in [3.8, 4) is 0 Å². The van der Waals surface area contributed by atoms with Gasteiger partial charge in [-0.25, -0.2) is 4.79 Å². The SMILES string of the molecule is CSCC[C@@H](NC(=O)C1CCCOC1)C(=O)O. The Morgan fingerprint density at radius 2 is 2.35 bits per heavy atom. The molecule has 0 aromatic heterocycles. The van der Waals surface area contributed by atoms with Gasteiger partial charge in [-0.1, -0.05) is 0 Å². The molecule has 0 saturated carbocycles. The van der Waals surface area contributed by atoms with Crippen molar-refractivity contribution in [2.24, 2.45) is 5.92 Å². The van der Waals surface area contributed by atoms with Crippen molar-refractivity contribution in [2.45, 2.75) is 25.3 Å². The number of nitrogens with one attached hydrogen (secondary N) is 1. The number of ether oxygens (including phenoxy) is 1. The molecule has 1 heterocycles. The molecule has 1 fully saturated rings. The second-order valence-electron chi connectivity index (χ2n) is 4.09. The number of carbonyl (C=O) groups is 2. The highest BCUT2D eigenvalue weighted by Crippen LogP contribution is 2.14. The maximum atomic E-state index is 11.8. The molecule has 17 heavy (non-hydrogen) atoms. The summed E-state index contributed by atoms with van der Waals surface area (Å²) < 4.78 is 5.21. The Morgan fingerprint density at radius 3 is 2.88 bits per heavy atom. The maximum Gasteiger partial charge on any atom is 0.326 e. The van der Waals surface area contributed by atoms with Crippen LogP contribution in [0.5, 0.6) is 0 Å². The Kier molecular flexibility index (Phi) is 6.36. The summed E-state index contributed by atoms with van der Waals surface area (Å²) in [7, 11) is 0. The highest BCUT2D eigenvalue weighted by Gasteiger charge is 2.26. The summed E-state index contributed by atoms with van der Waals surface area (Å²) >= 11 is 1.57. The second kappa shape index (κ2) is 7.55. The van der Waals surface area contributed by atoms with Crippen molar-refractivity contribution in [2.75, 3.05) is 25.2 Å². The Morgan fingerprint density at radius 1 is 1.59 bits per heavy atom. The highest BCUT2D eigenvalue weighted by atomic mass is 32.2. The Hall–Kier alpha value is -0.750. The monoisotopic (exact) mass is 261 g/mol. The van der Waals surface area contributed by atoms with Crippen molar-refractivity contribution in [1.29, 1.82) is 0 Å². The highest BCUT2D eigenvalue weighted by molar-refractivity contribution is 7.98. The Bertz CT molecular complexity index is 266. The number of carboxylic acid groups (broad SMARTS) is 1. The van der Waals surface area contributed by atoms with Crippen LogP contribution in [-0.4, -0.2) is 48.2 Å². The molecule has 2 atom stereocenters. The lowest BCUT2D eigenvalue weighted by atomic mass is 10.0. The van der Waals surface area contributed by atoms with Crippen LogP contribution in [0.2, 0.25) is 0 Å². The molecule has 1 rings (SSSR count). The zero-order valence-corrected chi connectivity index (χ0v) is 10.8. The summed E-state index contributed by atoms with van der Waals surface area (Å²) in [4.78, 5) is 22.8. The first-order valence-corrected chi connectivity index (χ1v) is 7.14. The summed E-state index contributed by atoms with van der Waals surface area (Å²) in [6.07, 6.45) is 4.01. The van der Waals surface area contributed by atoms with Crippen molar-refractivity contribution < 1.29 is 19.4 Å². The third-order valence-electron chi connectivity index (χ3n) is 2.76. The van der Waals surface area contributed by atoms with E-state index in [1.54, 1.807) is 11.8 Å². The van der Waals surface area contributed by atoms with E-state index in [9.17, 15) is 9.59 Å². The zero-order chi connectivity index (χ0) is 12.7. The predicted molar refractivity (Wildman–Crippen MR) is 66.1 cm³/mol. The van der Waals surface area contributed by atoms with Gasteiger partial charge in [0, 0.05) is 6.61 Å². The minimum atomic E-state index is -0.968. The number of amides is 1. The summed E-state index contributed by atoms with van der Waals surface area (Å²) in [6, 6.07) is -0.781. The number of aliphatic carboxylic acids is 1. The number of hydrogen-bond acceptors (Lipinski definition) is 4. The van der Waals surface area contributed by atoms with Gasteiger partial charge in [-0.2, -0.15) is 11.8 Å². The van der Waals surface area contributed by atoms with Crippen LogP contribution < -0.4 is 5.32 Å². The zero-order valence-electron chi connectivity index (χ0n) is 9.98. The van der Waals surface area contributed by atoms with E-state index < -0.39 is 12.0 Å². The fraction of sp³-hybridized carbons (Fsp3) is 0.818. The fourth-order valence-electron chi connectivity index (χ4n) is 1.73. The Labute approximate surface area is 105 Å². The average molecular weight is 261 g/mol. The summed E-state index contributed by atoms with van der Waals surface area (Å²) in [5.74, 6) is -0.638. The van der Waals surface area contributed by atoms with Gasteiger partial charge in [0.05, 0.1) is 12.5 Å². The number of carbonyl (C=O) groups excluding carboxylic acids is 1. The molecule has 0 spiro atoms. The minimum absolute atomic E-state index is 0.195. The molecule has 0 aromatic carbocycles. The normalized spacial score (nSPS) is 21.8. The first-order chi connectivity index (χ1) is 8.15. The standard InChI is InChI=1S/C11H19NO4S/c1-17-6-4-9(11(14)15)12-10(13)8-3-2-5-16-7-8/h8-9H,2-7H2,1H3,(H,12,13)(H,14,15)/t8?,9-/m1/s1. The molecular formula is C11H19NO4S. The quantitative estimate of drug-likeness (QED) is 0.737. The van der Waals surface area contributed by atoms with Gasteiger partial charge in [0.15, 0.2) is 0 Å². The molecule has 2 N–H and O–H groups in total. The van der Waals surface area contributed by atoms with Crippen molar-refractivity contribution >= 4 is 23.6 Å². The van der Waals surface area contributed by atoms with E-state index in [-0.39, 0.29) is 11.8 Å². The van der Waals surface area contributed by atoms with E-state index in [4.69, 9.17) is 9.84 Å². The number of rotatable bonds is 6. The topological polar surface area (TPSA) is 75.6 Å². The van der Waals surface area contributed by atoms with Crippen LogP contribution in [0, 0.1) is 5.92 Å². The summed E-state index contributed by atoms with van der Waals surface area (Å²) in [5, 5.41) is 11.6. The first kappa shape index (κ1) is 14.3. The molecule has 1 aliphatic heterocycles. The maximum absolute atomic E-state index is 11.8. The van der Waals surface area contributed by atoms with Gasteiger partial charge in [-0.05, 0) is 31.3 Å². The van der Waals surface area contributed by atoms with Crippen LogP contribution in [0.4, 0.5) is 0 Å². The van der Waals surface area contributed by atoms with Crippen molar-refractivity contribution in [3.63, 3.8) is 0 Å². The third kappa shape index (κ3) is 4.95. The fourth-order valence-corrected chi connectivity index (χ4v) is 2.20. The van der Waals surface area contributed by atoms with Crippen LogP contribution in [-0.2, 0) is 14.3 Å². The predicted octanol–water partition coefficient (Wildman–Crippen LogP) is 0.735. The number of hydrogen-bond donors (Lipinski definition) is 2. The molecule has 0 aromatic rings. The minimum Gasteiger partial charge on any atom is -0.480 e. The van der Waals surface area contributed by atoms with Crippen LogP contribution in [0.1, 0.15) is 19.3 Å². The number of carboxylic acids is 1. The molecule has 1 unspecified atom stereocenters. The number of thioether (sulfide) groups is 1. The van der Waals surface area contributed by atoms with Crippen LogP contribution >= 0.6 is 11.8 Å². The van der Waals surface area contributed by atoms with E-state index in [2.05, 4.69) is 5.32 Å². The lowest BCUT2D eigenvalue weighted by molar-refractivity contribution is -0.143. The van der Waals surface area contributed by atoms with Crippen LogP contribution in [0.25, 0.3) is 0 Å². The third-order valence-corrected chi connectivity index (χ3v) is 3.40. The van der Waals surface area contributed by atoms with E-state index >= 15 is 0 Å².